The van der Waals surface area contributed by atoms with Gasteiger partial charge in [-0.15, -0.1) is 0 Å². The number of hydrogen-bond donors (Lipinski definition) is 2. The number of hydrogen-bond acceptors (Lipinski definition) is 3. The van der Waals surface area contributed by atoms with Crippen LogP contribution in [0.4, 0.5) is 0 Å². The molecule has 0 rings (SSSR count). The summed E-state index contributed by atoms with van der Waals surface area (Å²) >= 11 is 0. The van der Waals surface area contributed by atoms with Crippen molar-refractivity contribution in [2.75, 3.05) is 27.2 Å². The summed E-state index contributed by atoms with van der Waals surface area (Å²) < 4.78 is 0. The maximum atomic E-state index is 11.3. The van der Waals surface area contributed by atoms with Gasteiger partial charge in [0.2, 0.25) is 5.91 Å². The monoisotopic (exact) mass is 201 g/mol. The smallest absolute Gasteiger partial charge is 0.221 e. The molecule has 84 valence electrons. The van der Waals surface area contributed by atoms with E-state index in [9.17, 15) is 4.79 Å². The molecule has 1 atom stereocenters. The van der Waals surface area contributed by atoms with Crippen LogP contribution < -0.4 is 11.1 Å². The summed E-state index contributed by atoms with van der Waals surface area (Å²) in [5.74, 6) is 0.405. The molecule has 0 spiro atoms. The average molecular weight is 201 g/mol. The van der Waals surface area contributed by atoms with Gasteiger partial charge in [-0.05, 0) is 20.0 Å². The van der Waals surface area contributed by atoms with Crippen LogP contribution in [0.25, 0.3) is 0 Å². The van der Waals surface area contributed by atoms with Crippen LogP contribution in [-0.2, 0) is 4.79 Å². The maximum Gasteiger partial charge on any atom is 0.221 e. The molecule has 0 bridgehead atoms. The minimum Gasteiger partial charge on any atom is -0.355 e. The normalized spacial score (nSPS) is 13.4. The lowest BCUT2D eigenvalue weighted by Gasteiger charge is -2.15. The summed E-state index contributed by atoms with van der Waals surface area (Å²) in [6.45, 7) is 5.61. The topological polar surface area (TPSA) is 58.4 Å². The fourth-order valence-corrected chi connectivity index (χ4v) is 0.941. The molecule has 1 amide bonds. The van der Waals surface area contributed by atoms with Crippen molar-refractivity contribution in [3.05, 3.63) is 0 Å². The van der Waals surface area contributed by atoms with Crippen LogP contribution in [0.5, 0.6) is 0 Å². The quantitative estimate of drug-likeness (QED) is 0.638. The first-order chi connectivity index (χ1) is 6.43. The second-order valence-corrected chi connectivity index (χ2v) is 4.27. The Kier molecular flexibility index (Phi) is 6.49. The molecule has 0 saturated carbocycles. The molecule has 0 saturated heterocycles. The molecule has 0 radical (unpaired) electrons. The zero-order valence-corrected chi connectivity index (χ0v) is 9.71. The molecular weight excluding hydrogens is 178 g/mol. The van der Waals surface area contributed by atoms with Gasteiger partial charge >= 0.3 is 0 Å². The summed E-state index contributed by atoms with van der Waals surface area (Å²) in [6.07, 6.45) is 0.422. The molecule has 0 aliphatic carbocycles. The standard InChI is InChI=1S/C10H23N3O/c1-8(2)9(11)7-10(14)12-5-6-13(3)4/h8-9H,5-7,11H2,1-4H3,(H,12,14). The van der Waals surface area contributed by atoms with Crippen molar-refractivity contribution in [3.63, 3.8) is 0 Å². The highest BCUT2D eigenvalue weighted by Gasteiger charge is 2.12. The van der Waals surface area contributed by atoms with Crippen LogP contribution in [0.3, 0.4) is 0 Å². The fourth-order valence-electron chi connectivity index (χ4n) is 0.941. The number of likely N-dealkylation sites (N-methyl/N-ethyl adjacent to an activating group) is 1. The van der Waals surface area contributed by atoms with E-state index in [0.717, 1.165) is 6.54 Å². The van der Waals surface area contributed by atoms with Crippen molar-refractivity contribution in [1.82, 2.24) is 10.2 Å². The molecule has 0 aromatic carbocycles. The van der Waals surface area contributed by atoms with Crippen molar-refractivity contribution >= 4 is 5.91 Å². The van der Waals surface area contributed by atoms with Gasteiger partial charge in [-0.3, -0.25) is 4.79 Å². The van der Waals surface area contributed by atoms with Crippen LogP contribution in [0.1, 0.15) is 20.3 Å². The number of rotatable bonds is 6. The lowest BCUT2D eigenvalue weighted by molar-refractivity contribution is -0.121. The van der Waals surface area contributed by atoms with Crippen LogP contribution in [-0.4, -0.2) is 44.0 Å². The van der Waals surface area contributed by atoms with Gasteiger partial charge in [0.25, 0.3) is 0 Å². The fraction of sp³-hybridized carbons (Fsp3) is 0.900. The second-order valence-electron chi connectivity index (χ2n) is 4.27. The highest BCUT2D eigenvalue weighted by atomic mass is 16.1. The van der Waals surface area contributed by atoms with E-state index in [-0.39, 0.29) is 11.9 Å². The van der Waals surface area contributed by atoms with E-state index in [1.807, 2.05) is 32.8 Å². The predicted molar refractivity (Wildman–Crippen MR) is 59.0 cm³/mol. The number of nitrogens with two attached hydrogens (primary N) is 1. The Bertz CT molecular complexity index is 169. The molecule has 4 heteroatoms. The largest absolute Gasteiger partial charge is 0.355 e. The molecule has 0 fully saturated rings. The van der Waals surface area contributed by atoms with Crippen molar-refractivity contribution in [3.8, 4) is 0 Å². The Hall–Kier alpha value is -0.610. The number of nitrogens with one attached hydrogen (secondary N) is 1. The number of nitrogens with zero attached hydrogens (tertiary/aromatic N) is 1. The summed E-state index contributed by atoms with van der Waals surface area (Å²) in [6, 6.07) is -0.0330. The van der Waals surface area contributed by atoms with E-state index in [2.05, 4.69) is 5.32 Å². The van der Waals surface area contributed by atoms with Crippen molar-refractivity contribution in [2.24, 2.45) is 11.7 Å². The van der Waals surface area contributed by atoms with E-state index in [1.165, 1.54) is 0 Å². The molecule has 0 aromatic heterocycles. The Balaban J connectivity index is 3.55. The summed E-state index contributed by atoms with van der Waals surface area (Å²) in [4.78, 5) is 13.4. The SMILES string of the molecule is CC(C)C(N)CC(=O)NCCN(C)C. The van der Waals surface area contributed by atoms with Gasteiger partial charge < -0.3 is 16.0 Å². The first-order valence-corrected chi connectivity index (χ1v) is 5.10. The maximum absolute atomic E-state index is 11.3. The van der Waals surface area contributed by atoms with E-state index in [4.69, 9.17) is 5.73 Å². The Labute approximate surface area is 86.8 Å². The van der Waals surface area contributed by atoms with Gasteiger partial charge in [0.1, 0.15) is 0 Å². The molecule has 14 heavy (non-hydrogen) atoms. The van der Waals surface area contributed by atoms with Gasteiger partial charge in [0.05, 0.1) is 0 Å². The highest BCUT2D eigenvalue weighted by molar-refractivity contribution is 5.76. The first-order valence-electron chi connectivity index (χ1n) is 5.10. The van der Waals surface area contributed by atoms with Crippen molar-refractivity contribution in [1.29, 1.82) is 0 Å². The van der Waals surface area contributed by atoms with Crippen LogP contribution in [0.2, 0.25) is 0 Å². The molecule has 0 heterocycles. The highest BCUT2D eigenvalue weighted by Crippen LogP contribution is 2.01. The zero-order chi connectivity index (χ0) is 11.1. The van der Waals surface area contributed by atoms with Crippen LogP contribution in [0, 0.1) is 5.92 Å². The van der Waals surface area contributed by atoms with E-state index in [1.54, 1.807) is 0 Å². The lowest BCUT2D eigenvalue weighted by atomic mass is 10.0. The molecular formula is C10H23N3O. The molecule has 0 aliphatic rings. The summed E-state index contributed by atoms with van der Waals surface area (Å²) in [5, 5.41) is 2.84. The number of carbonyl (C=O) groups is 1. The summed E-state index contributed by atoms with van der Waals surface area (Å²) in [7, 11) is 3.96. The number of carbonyl (C=O) groups excluding carboxylic acids is 1. The van der Waals surface area contributed by atoms with Crippen LogP contribution >= 0.6 is 0 Å². The van der Waals surface area contributed by atoms with E-state index < -0.39 is 0 Å². The Morgan fingerprint density at radius 3 is 2.43 bits per heavy atom. The minimum absolute atomic E-state index is 0.0330. The van der Waals surface area contributed by atoms with E-state index in [0.29, 0.717) is 18.9 Å². The van der Waals surface area contributed by atoms with Crippen LogP contribution in [0.15, 0.2) is 0 Å². The van der Waals surface area contributed by atoms with Crippen molar-refractivity contribution in [2.45, 2.75) is 26.3 Å². The number of amides is 1. The van der Waals surface area contributed by atoms with Gasteiger partial charge in [0, 0.05) is 25.6 Å². The molecule has 4 nitrogen and oxygen atoms in total. The zero-order valence-electron chi connectivity index (χ0n) is 9.71. The van der Waals surface area contributed by atoms with E-state index >= 15 is 0 Å². The Morgan fingerprint density at radius 1 is 1.43 bits per heavy atom. The lowest BCUT2D eigenvalue weighted by Crippen LogP contribution is -2.37. The second kappa shape index (κ2) is 6.79. The molecule has 3 N–H and O–H groups in total. The molecule has 1 unspecified atom stereocenters. The minimum atomic E-state index is -0.0330. The molecule has 0 aliphatic heterocycles. The van der Waals surface area contributed by atoms with Gasteiger partial charge in [-0.25, -0.2) is 0 Å². The van der Waals surface area contributed by atoms with Gasteiger partial charge in [0.15, 0.2) is 0 Å². The van der Waals surface area contributed by atoms with Crippen molar-refractivity contribution < 1.29 is 4.79 Å². The summed E-state index contributed by atoms with van der Waals surface area (Å²) in [5.41, 5.74) is 5.78. The van der Waals surface area contributed by atoms with Gasteiger partial charge in [-0.1, -0.05) is 13.8 Å². The molecule has 0 aromatic rings. The average Bonchev–Trinajstić information content (AvgIpc) is 2.02. The Morgan fingerprint density at radius 2 is 2.00 bits per heavy atom. The third kappa shape index (κ3) is 6.86. The third-order valence-corrected chi connectivity index (χ3v) is 2.16. The van der Waals surface area contributed by atoms with Gasteiger partial charge in [-0.2, -0.15) is 0 Å². The first kappa shape index (κ1) is 13.4. The predicted octanol–water partition coefficient (Wildman–Crippen LogP) is 0.0376. The third-order valence-electron chi connectivity index (χ3n) is 2.16.